The summed E-state index contributed by atoms with van der Waals surface area (Å²) in [5.41, 5.74) is 2.04. The summed E-state index contributed by atoms with van der Waals surface area (Å²) < 4.78 is 5.22. The smallest absolute Gasteiger partial charge is 0.244 e. The Morgan fingerprint density at radius 3 is 2.36 bits per heavy atom. The van der Waals surface area contributed by atoms with Crippen LogP contribution in [0.2, 0.25) is 0 Å². The van der Waals surface area contributed by atoms with E-state index in [1.165, 1.54) is 0 Å². The zero-order chi connectivity index (χ0) is 17.5. The lowest BCUT2D eigenvalue weighted by Gasteiger charge is -2.19. The molecule has 126 valence electrons. The number of benzene rings is 2. The van der Waals surface area contributed by atoms with Crippen molar-refractivity contribution in [2.24, 2.45) is 0 Å². The highest BCUT2D eigenvalue weighted by Crippen LogP contribution is 2.24. The molecule has 0 saturated carbocycles. The molecule has 1 N–H and O–H groups in total. The summed E-state index contributed by atoms with van der Waals surface area (Å²) in [7, 11) is 1.64. The zero-order valence-corrected chi connectivity index (χ0v) is 14.7. The van der Waals surface area contributed by atoms with Gasteiger partial charge in [0, 0.05) is 11.0 Å². The summed E-state index contributed by atoms with van der Waals surface area (Å²) in [6, 6.07) is 21.4. The number of amides is 1. The van der Waals surface area contributed by atoms with Gasteiger partial charge in [-0.15, -0.1) is 11.3 Å². The normalized spacial score (nSPS) is 12.0. The number of carbonyl (C=O) groups is 1. The number of rotatable bonds is 6. The van der Waals surface area contributed by atoms with E-state index in [2.05, 4.69) is 5.32 Å². The predicted octanol–water partition coefficient (Wildman–Crippen LogP) is 4.68. The molecule has 0 saturated heterocycles. The van der Waals surface area contributed by atoms with Crippen LogP contribution >= 0.6 is 11.3 Å². The van der Waals surface area contributed by atoms with Gasteiger partial charge < -0.3 is 10.1 Å². The molecular formula is C21H19NO2S. The van der Waals surface area contributed by atoms with E-state index in [1.54, 1.807) is 24.5 Å². The summed E-state index contributed by atoms with van der Waals surface area (Å²) >= 11 is 1.60. The fourth-order valence-electron chi connectivity index (χ4n) is 2.54. The summed E-state index contributed by atoms with van der Waals surface area (Å²) in [5.74, 6) is 0.664. The Balaban J connectivity index is 1.82. The second kappa shape index (κ2) is 8.31. The van der Waals surface area contributed by atoms with Crippen LogP contribution in [-0.4, -0.2) is 13.0 Å². The lowest BCUT2D eigenvalue weighted by atomic mass is 9.98. The van der Waals surface area contributed by atoms with Crippen molar-refractivity contribution in [1.29, 1.82) is 0 Å². The molecular weight excluding hydrogens is 330 g/mol. The molecule has 1 aromatic heterocycles. The predicted molar refractivity (Wildman–Crippen MR) is 103 cm³/mol. The maximum atomic E-state index is 12.4. The van der Waals surface area contributed by atoms with Crippen LogP contribution in [0.4, 0.5) is 0 Å². The van der Waals surface area contributed by atoms with Gasteiger partial charge in [-0.05, 0) is 40.8 Å². The Labute approximate surface area is 151 Å². The Morgan fingerprint density at radius 1 is 1.00 bits per heavy atom. The van der Waals surface area contributed by atoms with E-state index in [9.17, 15) is 4.79 Å². The molecule has 0 fully saturated rings. The second-order valence-electron chi connectivity index (χ2n) is 5.47. The van der Waals surface area contributed by atoms with Crippen LogP contribution in [0.1, 0.15) is 22.0 Å². The first kappa shape index (κ1) is 17.0. The largest absolute Gasteiger partial charge is 0.497 e. The monoisotopic (exact) mass is 349 g/mol. The molecule has 3 nitrogen and oxygen atoms in total. The minimum atomic E-state index is -0.215. The lowest BCUT2D eigenvalue weighted by Crippen LogP contribution is -2.27. The standard InChI is InChI=1S/C21H19NO2S/c1-24-18-11-9-17(10-12-18)21(16-6-3-2-4-7-16)22-20(23)14-13-19-8-5-15-25-19/h2-15,21H,1H3,(H,22,23)/b14-13+/t21-/m0/s1. The summed E-state index contributed by atoms with van der Waals surface area (Å²) in [6.45, 7) is 0. The van der Waals surface area contributed by atoms with Crippen LogP contribution in [0.5, 0.6) is 5.75 Å². The molecule has 1 atom stereocenters. The first-order valence-corrected chi connectivity index (χ1v) is 8.85. The average Bonchev–Trinajstić information content (AvgIpc) is 3.19. The van der Waals surface area contributed by atoms with Crippen LogP contribution in [0.3, 0.4) is 0 Å². The van der Waals surface area contributed by atoms with Crippen molar-refractivity contribution in [2.75, 3.05) is 7.11 Å². The number of hydrogen-bond acceptors (Lipinski definition) is 3. The topological polar surface area (TPSA) is 38.3 Å². The summed E-state index contributed by atoms with van der Waals surface area (Å²) in [6.07, 6.45) is 3.40. The molecule has 0 aliphatic rings. The van der Waals surface area contributed by atoms with Gasteiger partial charge in [-0.25, -0.2) is 0 Å². The second-order valence-corrected chi connectivity index (χ2v) is 6.45. The van der Waals surface area contributed by atoms with E-state index < -0.39 is 0 Å². The van der Waals surface area contributed by atoms with Gasteiger partial charge in [-0.2, -0.15) is 0 Å². The maximum absolute atomic E-state index is 12.4. The number of nitrogens with one attached hydrogen (secondary N) is 1. The number of carbonyl (C=O) groups excluding carboxylic acids is 1. The van der Waals surface area contributed by atoms with Crippen LogP contribution < -0.4 is 10.1 Å². The summed E-state index contributed by atoms with van der Waals surface area (Å²) in [4.78, 5) is 13.5. The first-order chi connectivity index (χ1) is 12.3. The quantitative estimate of drug-likeness (QED) is 0.657. The first-order valence-electron chi connectivity index (χ1n) is 7.97. The van der Waals surface area contributed by atoms with Crippen molar-refractivity contribution in [3.8, 4) is 5.75 Å². The molecule has 2 aromatic carbocycles. The highest BCUT2D eigenvalue weighted by atomic mass is 32.1. The van der Waals surface area contributed by atoms with Gasteiger partial charge in [0.1, 0.15) is 5.75 Å². The van der Waals surface area contributed by atoms with Gasteiger partial charge in [0.15, 0.2) is 0 Å². The molecule has 1 heterocycles. The van der Waals surface area contributed by atoms with Crippen LogP contribution in [0, 0.1) is 0 Å². The number of methoxy groups -OCH3 is 1. The van der Waals surface area contributed by atoms with Crippen molar-refractivity contribution in [2.45, 2.75) is 6.04 Å². The van der Waals surface area contributed by atoms with Gasteiger partial charge in [-0.1, -0.05) is 48.5 Å². The Morgan fingerprint density at radius 2 is 1.72 bits per heavy atom. The molecule has 0 bridgehead atoms. The van der Waals surface area contributed by atoms with Gasteiger partial charge in [0.05, 0.1) is 13.2 Å². The van der Waals surface area contributed by atoms with E-state index in [1.807, 2.05) is 78.2 Å². The van der Waals surface area contributed by atoms with E-state index in [4.69, 9.17) is 4.74 Å². The van der Waals surface area contributed by atoms with Gasteiger partial charge in [0.25, 0.3) is 0 Å². The van der Waals surface area contributed by atoms with Crippen LogP contribution in [0.15, 0.2) is 78.2 Å². The number of thiophene rings is 1. The molecule has 3 rings (SSSR count). The minimum Gasteiger partial charge on any atom is -0.497 e. The van der Waals surface area contributed by atoms with Crippen LogP contribution in [-0.2, 0) is 4.79 Å². The van der Waals surface area contributed by atoms with Crippen molar-refractivity contribution in [3.05, 3.63) is 94.2 Å². The van der Waals surface area contributed by atoms with E-state index in [0.717, 1.165) is 21.8 Å². The van der Waals surface area contributed by atoms with E-state index >= 15 is 0 Å². The van der Waals surface area contributed by atoms with Crippen molar-refractivity contribution >= 4 is 23.3 Å². The molecule has 4 heteroatoms. The number of ether oxygens (including phenoxy) is 1. The van der Waals surface area contributed by atoms with Gasteiger partial charge >= 0.3 is 0 Å². The number of hydrogen-bond donors (Lipinski definition) is 1. The lowest BCUT2D eigenvalue weighted by molar-refractivity contribution is -0.116. The molecule has 1 amide bonds. The van der Waals surface area contributed by atoms with Crippen molar-refractivity contribution in [1.82, 2.24) is 5.32 Å². The Hall–Kier alpha value is -2.85. The van der Waals surface area contributed by atoms with Gasteiger partial charge in [0.2, 0.25) is 5.91 Å². The summed E-state index contributed by atoms with van der Waals surface area (Å²) in [5, 5.41) is 5.08. The fraction of sp³-hybridized carbons (Fsp3) is 0.0952. The molecule has 3 aromatic rings. The van der Waals surface area contributed by atoms with Crippen molar-refractivity contribution < 1.29 is 9.53 Å². The van der Waals surface area contributed by atoms with Crippen LogP contribution in [0.25, 0.3) is 6.08 Å². The third-order valence-corrected chi connectivity index (χ3v) is 4.65. The third kappa shape index (κ3) is 4.58. The minimum absolute atomic E-state index is 0.127. The molecule has 25 heavy (non-hydrogen) atoms. The molecule has 0 spiro atoms. The van der Waals surface area contributed by atoms with E-state index in [-0.39, 0.29) is 11.9 Å². The highest BCUT2D eigenvalue weighted by Gasteiger charge is 2.15. The SMILES string of the molecule is COc1ccc([C@@H](NC(=O)/C=C/c2cccs2)c2ccccc2)cc1. The molecule has 0 aliphatic carbocycles. The molecule has 0 aliphatic heterocycles. The third-order valence-electron chi connectivity index (χ3n) is 3.81. The van der Waals surface area contributed by atoms with Crippen molar-refractivity contribution in [3.63, 3.8) is 0 Å². The zero-order valence-electron chi connectivity index (χ0n) is 13.9. The van der Waals surface area contributed by atoms with E-state index in [0.29, 0.717) is 0 Å². The Kier molecular flexibility index (Phi) is 5.65. The average molecular weight is 349 g/mol. The van der Waals surface area contributed by atoms with Gasteiger partial charge in [-0.3, -0.25) is 4.79 Å². The molecule has 0 unspecified atom stereocenters. The molecule has 0 radical (unpaired) electrons. The fourth-order valence-corrected chi connectivity index (χ4v) is 3.15. The highest BCUT2D eigenvalue weighted by molar-refractivity contribution is 7.10. The Bertz CT molecular complexity index is 824. The maximum Gasteiger partial charge on any atom is 0.244 e.